The third-order valence-electron chi connectivity index (χ3n) is 5.67. The highest BCUT2D eigenvalue weighted by Gasteiger charge is 2.51. The predicted octanol–water partition coefficient (Wildman–Crippen LogP) is 3.02. The van der Waals surface area contributed by atoms with E-state index in [1.54, 1.807) is 11.8 Å². The lowest BCUT2D eigenvalue weighted by atomic mass is 9.96. The molecule has 6 heteroatoms. The van der Waals surface area contributed by atoms with E-state index in [4.69, 9.17) is 13.9 Å². The molecule has 0 aliphatic carbocycles. The highest BCUT2D eigenvalue weighted by molar-refractivity contribution is 7.98. The Hall–Kier alpha value is -1.05. The summed E-state index contributed by atoms with van der Waals surface area (Å²) in [5, 5.41) is 2.56. The molecule has 0 N–H and O–H groups in total. The van der Waals surface area contributed by atoms with Gasteiger partial charge >= 0.3 is 0 Å². The van der Waals surface area contributed by atoms with E-state index in [-0.39, 0.29) is 23.2 Å². The quantitative estimate of drug-likeness (QED) is 0.477. The molecule has 2 aromatic rings. The number of thioether (sulfide) groups is 1. The van der Waals surface area contributed by atoms with Crippen molar-refractivity contribution in [1.82, 2.24) is 0 Å². The number of rotatable bonds is 8. The van der Waals surface area contributed by atoms with Crippen LogP contribution in [0.2, 0.25) is 5.04 Å². The second kappa shape index (κ2) is 9.84. The van der Waals surface area contributed by atoms with E-state index in [1.807, 2.05) is 0 Å². The molecule has 156 valence electrons. The highest BCUT2D eigenvalue weighted by Crippen LogP contribution is 2.37. The van der Waals surface area contributed by atoms with Gasteiger partial charge in [0.2, 0.25) is 0 Å². The molecule has 1 unspecified atom stereocenters. The monoisotopic (exact) mass is 428 g/mol. The molecule has 3 nitrogen and oxygen atoms in total. The van der Waals surface area contributed by atoms with Gasteiger partial charge in [0.05, 0.1) is 18.6 Å². The SMILES string of the molecule is B[C@H]1CC(OCSC)[C@@H](CO[Si](c2ccccc2)(c2ccccc2)C(C)(C)C)O1. The van der Waals surface area contributed by atoms with Gasteiger partial charge < -0.3 is 13.9 Å². The van der Waals surface area contributed by atoms with E-state index in [1.165, 1.54) is 10.4 Å². The topological polar surface area (TPSA) is 27.7 Å². The second-order valence-corrected chi connectivity index (χ2v) is 13.9. The number of hydrogen-bond donors (Lipinski definition) is 0. The van der Waals surface area contributed by atoms with Gasteiger partial charge in [0, 0.05) is 6.00 Å². The predicted molar refractivity (Wildman–Crippen MR) is 129 cm³/mol. The summed E-state index contributed by atoms with van der Waals surface area (Å²) in [6.45, 7) is 7.47. The summed E-state index contributed by atoms with van der Waals surface area (Å²) in [5.41, 5.74) is 0. The van der Waals surface area contributed by atoms with Crippen LogP contribution in [0, 0.1) is 0 Å². The van der Waals surface area contributed by atoms with Crippen LogP contribution in [0.25, 0.3) is 0 Å². The molecule has 0 saturated carbocycles. The Labute approximate surface area is 182 Å². The van der Waals surface area contributed by atoms with Crippen molar-refractivity contribution in [1.29, 1.82) is 0 Å². The molecule has 1 heterocycles. The number of hydrogen-bond acceptors (Lipinski definition) is 4. The van der Waals surface area contributed by atoms with Gasteiger partial charge in [-0.3, -0.25) is 0 Å². The first kappa shape index (κ1) is 22.6. The zero-order chi connectivity index (χ0) is 20.9. The van der Waals surface area contributed by atoms with Crippen LogP contribution in [0.15, 0.2) is 60.7 Å². The normalized spacial score (nSPS) is 22.7. The van der Waals surface area contributed by atoms with Gasteiger partial charge in [0.15, 0.2) is 0 Å². The Bertz CT molecular complexity index is 714. The van der Waals surface area contributed by atoms with Gasteiger partial charge in [-0.2, -0.15) is 0 Å². The first-order valence-electron chi connectivity index (χ1n) is 10.4. The second-order valence-electron chi connectivity index (χ2n) is 8.81. The maximum absolute atomic E-state index is 7.04. The largest absolute Gasteiger partial charge is 0.405 e. The first-order chi connectivity index (χ1) is 13.9. The summed E-state index contributed by atoms with van der Waals surface area (Å²) in [7, 11) is -0.417. The summed E-state index contributed by atoms with van der Waals surface area (Å²) in [6.07, 6.45) is 3.05. The van der Waals surface area contributed by atoms with E-state index in [9.17, 15) is 0 Å². The minimum atomic E-state index is -2.54. The molecule has 3 rings (SSSR count). The average Bonchev–Trinajstić information content (AvgIpc) is 3.07. The number of ether oxygens (including phenoxy) is 2. The Kier molecular flexibility index (Phi) is 7.68. The minimum absolute atomic E-state index is 0.0289. The Morgan fingerprint density at radius 2 is 1.59 bits per heavy atom. The minimum Gasteiger partial charge on any atom is -0.405 e. The van der Waals surface area contributed by atoms with Crippen molar-refractivity contribution in [2.45, 2.75) is 50.4 Å². The smallest absolute Gasteiger partial charge is 0.261 e. The molecule has 1 saturated heterocycles. The molecule has 0 aromatic heterocycles. The summed E-state index contributed by atoms with van der Waals surface area (Å²) in [5.74, 6) is 0.691. The summed E-state index contributed by atoms with van der Waals surface area (Å²) in [6, 6.07) is 21.7. The fraction of sp³-hybridized carbons (Fsp3) is 0.478. The fourth-order valence-electron chi connectivity index (χ4n) is 4.37. The Balaban J connectivity index is 1.96. The molecular weight excluding hydrogens is 395 g/mol. The Morgan fingerprint density at radius 1 is 1.03 bits per heavy atom. The summed E-state index contributed by atoms with van der Waals surface area (Å²) >= 11 is 1.70. The van der Waals surface area contributed by atoms with Crippen molar-refractivity contribution >= 4 is 38.3 Å². The van der Waals surface area contributed by atoms with E-state index in [0.717, 1.165) is 6.42 Å². The molecule has 0 amide bonds. The lowest BCUT2D eigenvalue weighted by Crippen LogP contribution is -2.67. The van der Waals surface area contributed by atoms with Gasteiger partial charge in [0.25, 0.3) is 8.32 Å². The van der Waals surface area contributed by atoms with E-state index >= 15 is 0 Å². The maximum atomic E-state index is 7.04. The maximum Gasteiger partial charge on any atom is 0.261 e. The van der Waals surface area contributed by atoms with Gasteiger partial charge in [-0.15, -0.1) is 11.8 Å². The molecule has 1 aliphatic heterocycles. The number of benzene rings is 2. The van der Waals surface area contributed by atoms with Crippen LogP contribution in [0.3, 0.4) is 0 Å². The molecule has 0 spiro atoms. The van der Waals surface area contributed by atoms with Gasteiger partial charge in [-0.25, -0.2) is 0 Å². The zero-order valence-electron chi connectivity index (χ0n) is 18.3. The molecule has 3 atom stereocenters. The van der Waals surface area contributed by atoms with Crippen molar-refractivity contribution < 1.29 is 13.9 Å². The summed E-state index contributed by atoms with van der Waals surface area (Å²) in [4.78, 5) is 0. The molecule has 1 fully saturated rings. The molecule has 0 bridgehead atoms. The van der Waals surface area contributed by atoms with Crippen molar-refractivity contribution in [3.63, 3.8) is 0 Å². The van der Waals surface area contributed by atoms with Gasteiger partial charge in [0.1, 0.15) is 14.0 Å². The van der Waals surface area contributed by atoms with E-state index < -0.39 is 8.32 Å². The van der Waals surface area contributed by atoms with Crippen molar-refractivity contribution in [3.8, 4) is 0 Å². The molecule has 1 aliphatic rings. The van der Waals surface area contributed by atoms with Gasteiger partial charge in [-0.05, 0) is 28.1 Å². The lowest BCUT2D eigenvalue weighted by Gasteiger charge is -2.43. The Morgan fingerprint density at radius 3 is 2.07 bits per heavy atom. The van der Waals surface area contributed by atoms with E-state index in [0.29, 0.717) is 12.5 Å². The van der Waals surface area contributed by atoms with Crippen LogP contribution in [-0.4, -0.2) is 53.2 Å². The molecule has 2 aromatic carbocycles. The third-order valence-corrected chi connectivity index (χ3v) is 11.0. The van der Waals surface area contributed by atoms with Crippen molar-refractivity contribution in [2.75, 3.05) is 18.8 Å². The highest BCUT2D eigenvalue weighted by atomic mass is 32.2. The summed E-state index contributed by atoms with van der Waals surface area (Å²) < 4.78 is 19.3. The van der Waals surface area contributed by atoms with Crippen LogP contribution < -0.4 is 10.4 Å². The molecule has 0 radical (unpaired) electrons. The molecular formula is C23H33BO3SSi. The average molecular weight is 428 g/mol. The zero-order valence-corrected chi connectivity index (χ0v) is 20.1. The van der Waals surface area contributed by atoms with Crippen molar-refractivity contribution in [2.24, 2.45) is 0 Å². The molecule has 29 heavy (non-hydrogen) atoms. The van der Waals surface area contributed by atoms with Crippen LogP contribution in [0.5, 0.6) is 0 Å². The third kappa shape index (κ3) is 5.00. The lowest BCUT2D eigenvalue weighted by molar-refractivity contribution is -0.0208. The van der Waals surface area contributed by atoms with Gasteiger partial charge in [-0.1, -0.05) is 81.4 Å². The van der Waals surface area contributed by atoms with Crippen LogP contribution in [0.4, 0.5) is 0 Å². The first-order valence-corrected chi connectivity index (χ1v) is 13.7. The van der Waals surface area contributed by atoms with Crippen molar-refractivity contribution in [3.05, 3.63) is 60.7 Å². The van der Waals surface area contributed by atoms with Crippen LogP contribution in [0.1, 0.15) is 27.2 Å². The van der Waals surface area contributed by atoms with Crippen LogP contribution in [-0.2, 0) is 13.9 Å². The van der Waals surface area contributed by atoms with Crippen LogP contribution >= 0.6 is 11.8 Å². The fourth-order valence-corrected chi connectivity index (χ4v) is 9.25. The van der Waals surface area contributed by atoms with E-state index in [2.05, 4.69) is 95.5 Å². The standard InChI is InChI=1S/C23H33BO3SSi/c1-23(2,3)29(18-11-7-5-8-12-18,19-13-9-6-10-14-19)26-16-21-20(25-17-28-4)15-22(24)27-21/h5-14,20-22H,15-17,24H2,1-4H3/t20?,21-,22-/m1/s1.